The molecule has 0 aromatic carbocycles. The third-order valence-corrected chi connectivity index (χ3v) is 4.87. The largest absolute Gasteiger partial charge is 0.481 e. The maximum atomic E-state index is 13.5. The van der Waals surface area contributed by atoms with Crippen molar-refractivity contribution in [2.24, 2.45) is 0 Å². The number of rotatable bonds is 5. The first-order chi connectivity index (χ1) is 13.8. The van der Waals surface area contributed by atoms with Crippen molar-refractivity contribution < 1.29 is 23.4 Å². The number of nitrogens with zero attached hydrogens (tertiary/aromatic N) is 5. The monoisotopic (exact) mass is 404 g/mol. The van der Waals surface area contributed by atoms with Gasteiger partial charge in [0, 0.05) is 25.1 Å². The molecular weight excluding hydrogens is 386 g/mol. The van der Waals surface area contributed by atoms with Crippen molar-refractivity contribution in [3.63, 3.8) is 0 Å². The third kappa shape index (κ3) is 3.93. The van der Waals surface area contributed by atoms with Gasteiger partial charge in [0.2, 0.25) is 11.8 Å². The number of hydrogen-bond donors (Lipinski definition) is 2. The lowest BCUT2D eigenvalue weighted by atomic mass is 9.92. The number of hydrogen-bond acceptors (Lipinski definition) is 7. The Morgan fingerprint density at radius 1 is 1.31 bits per heavy atom. The van der Waals surface area contributed by atoms with Crippen molar-refractivity contribution in [1.29, 1.82) is 0 Å². The van der Waals surface area contributed by atoms with Gasteiger partial charge in [-0.3, -0.25) is 4.79 Å². The fraction of sp³-hybridized carbons (Fsp3) is 0.389. The number of halogens is 2. The number of carbonyl (C=O) groups is 1. The lowest BCUT2D eigenvalue weighted by molar-refractivity contribution is -0.136. The molecule has 1 aliphatic rings. The molecule has 0 unspecified atom stereocenters. The van der Waals surface area contributed by atoms with E-state index in [0.29, 0.717) is 16.6 Å². The number of pyridine rings is 1. The summed E-state index contributed by atoms with van der Waals surface area (Å²) in [4.78, 5) is 23.2. The van der Waals surface area contributed by atoms with E-state index in [1.165, 1.54) is 18.6 Å². The summed E-state index contributed by atoms with van der Waals surface area (Å²) in [6.07, 6.45) is 2.57. The lowest BCUT2D eigenvalue weighted by Gasteiger charge is -2.28. The number of ether oxygens (including phenoxy) is 1. The summed E-state index contributed by atoms with van der Waals surface area (Å²) < 4.78 is 34.4. The topological polar surface area (TPSA) is 129 Å². The molecule has 0 atom stereocenters. The van der Waals surface area contributed by atoms with Crippen LogP contribution in [0.2, 0.25) is 0 Å². The Hall–Kier alpha value is -3.37. The Labute approximate surface area is 163 Å². The average molecular weight is 404 g/mol. The van der Waals surface area contributed by atoms with Gasteiger partial charge in [0.1, 0.15) is 17.5 Å². The molecule has 4 rings (SSSR count). The second-order valence-corrected chi connectivity index (χ2v) is 6.97. The van der Waals surface area contributed by atoms with Gasteiger partial charge >= 0.3 is 5.97 Å². The average Bonchev–Trinajstić information content (AvgIpc) is 3.01. The van der Waals surface area contributed by atoms with Crippen molar-refractivity contribution in [1.82, 2.24) is 24.7 Å². The van der Waals surface area contributed by atoms with Crippen molar-refractivity contribution >= 4 is 22.8 Å². The van der Waals surface area contributed by atoms with Crippen molar-refractivity contribution in [3.05, 3.63) is 30.2 Å². The number of fused-ring (bicyclic) bond motifs is 1. The highest BCUT2D eigenvalue weighted by Gasteiger charge is 2.37. The molecule has 0 aliphatic heterocycles. The van der Waals surface area contributed by atoms with Crippen LogP contribution in [0.3, 0.4) is 0 Å². The number of aromatic nitrogens is 5. The first-order valence-electron chi connectivity index (χ1n) is 9.03. The molecule has 3 aromatic rings. The van der Waals surface area contributed by atoms with Crippen molar-refractivity contribution in [2.75, 3.05) is 5.73 Å². The number of carboxylic acids is 1. The van der Waals surface area contributed by atoms with Gasteiger partial charge in [0.15, 0.2) is 5.65 Å². The smallest absolute Gasteiger partial charge is 0.307 e. The fourth-order valence-electron chi connectivity index (χ4n) is 3.45. The summed E-state index contributed by atoms with van der Waals surface area (Å²) in [5, 5.41) is 13.7. The van der Waals surface area contributed by atoms with E-state index in [0.717, 1.165) is 0 Å². The minimum atomic E-state index is -2.67. The van der Waals surface area contributed by atoms with Crippen molar-refractivity contribution in [3.8, 4) is 11.8 Å². The quantitative estimate of drug-likeness (QED) is 0.664. The first-order valence-corrected chi connectivity index (χ1v) is 9.03. The van der Waals surface area contributed by atoms with Gasteiger partial charge in [0.05, 0.1) is 12.5 Å². The van der Waals surface area contributed by atoms with Crippen LogP contribution in [0.5, 0.6) is 11.8 Å². The van der Waals surface area contributed by atoms with Crippen LogP contribution in [-0.4, -0.2) is 41.7 Å². The number of anilines is 1. The predicted octanol–water partition coefficient (Wildman–Crippen LogP) is 2.97. The van der Waals surface area contributed by atoms with Gasteiger partial charge in [-0.05, 0) is 24.5 Å². The number of alkyl halides is 2. The number of nitrogen functional groups attached to an aromatic ring is 1. The van der Waals surface area contributed by atoms with Crippen LogP contribution in [0.25, 0.3) is 11.0 Å². The Kier molecular flexibility index (Phi) is 4.73. The third-order valence-electron chi connectivity index (χ3n) is 4.87. The van der Waals surface area contributed by atoms with E-state index in [1.54, 1.807) is 10.7 Å². The van der Waals surface area contributed by atoms with Crippen molar-refractivity contribution in [2.45, 2.75) is 44.1 Å². The van der Waals surface area contributed by atoms with Gasteiger partial charge in [-0.15, -0.1) is 5.10 Å². The second-order valence-electron chi connectivity index (χ2n) is 6.97. The minimum Gasteiger partial charge on any atom is -0.481 e. The Bertz CT molecular complexity index is 1060. The fourth-order valence-corrected chi connectivity index (χ4v) is 3.45. The molecule has 0 bridgehead atoms. The highest BCUT2D eigenvalue weighted by molar-refractivity contribution is 5.90. The molecule has 1 fully saturated rings. The van der Waals surface area contributed by atoms with E-state index in [4.69, 9.17) is 15.6 Å². The molecule has 3 heterocycles. The normalized spacial score (nSPS) is 16.8. The summed E-state index contributed by atoms with van der Waals surface area (Å²) in [6.45, 7) is 0. The minimum absolute atomic E-state index is 0.0930. The molecule has 1 aliphatic carbocycles. The van der Waals surface area contributed by atoms with E-state index in [1.807, 2.05) is 0 Å². The van der Waals surface area contributed by atoms with Crippen LogP contribution < -0.4 is 10.5 Å². The molecule has 29 heavy (non-hydrogen) atoms. The highest BCUT2D eigenvalue weighted by atomic mass is 19.3. The molecule has 0 spiro atoms. The standard InChI is InChI=1S/C18H18F2N6O3/c19-18(20)4-1-11(2-5-18)26-16-14(15(21)23-9-24-16)17(25-26)29-12-7-10(3-6-22-12)8-13(27)28/h3,6-7,9,11H,1-2,4-5,8H2,(H,27,28)(H2,21,23,24). The van der Waals surface area contributed by atoms with Crippen LogP contribution in [0.1, 0.15) is 37.3 Å². The SMILES string of the molecule is Nc1ncnc2c1c(Oc1cc(CC(=O)O)ccn1)nn2C1CCC(F)(F)CC1. The molecule has 1 saturated carbocycles. The number of nitrogens with two attached hydrogens (primary N) is 1. The van der Waals surface area contributed by atoms with Gasteiger partial charge < -0.3 is 15.6 Å². The molecule has 11 heteroatoms. The van der Waals surface area contributed by atoms with Gasteiger partial charge in [-0.2, -0.15) is 0 Å². The van der Waals surface area contributed by atoms with Gasteiger partial charge in [-0.25, -0.2) is 28.4 Å². The zero-order chi connectivity index (χ0) is 20.6. The van der Waals surface area contributed by atoms with E-state index >= 15 is 0 Å². The highest BCUT2D eigenvalue weighted by Crippen LogP contribution is 2.41. The molecule has 152 valence electrons. The summed E-state index contributed by atoms with van der Waals surface area (Å²) in [7, 11) is 0. The van der Waals surface area contributed by atoms with Crippen LogP contribution in [0.4, 0.5) is 14.6 Å². The molecule has 3 aromatic heterocycles. The van der Waals surface area contributed by atoms with Crippen LogP contribution in [0.15, 0.2) is 24.7 Å². The van der Waals surface area contributed by atoms with E-state index in [-0.39, 0.29) is 55.7 Å². The lowest BCUT2D eigenvalue weighted by Crippen LogP contribution is -2.26. The zero-order valence-corrected chi connectivity index (χ0v) is 15.3. The zero-order valence-electron chi connectivity index (χ0n) is 15.3. The summed E-state index contributed by atoms with van der Waals surface area (Å²) >= 11 is 0. The summed E-state index contributed by atoms with van der Waals surface area (Å²) in [6, 6.07) is 2.78. The van der Waals surface area contributed by atoms with Crippen LogP contribution in [-0.2, 0) is 11.2 Å². The molecule has 0 radical (unpaired) electrons. The van der Waals surface area contributed by atoms with Gasteiger partial charge in [0.25, 0.3) is 5.88 Å². The summed E-state index contributed by atoms with van der Waals surface area (Å²) in [5.74, 6) is -3.28. The number of aliphatic carboxylic acids is 1. The number of carboxylic acid groups (broad SMARTS) is 1. The van der Waals surface area contributed by atoms with E-state index < -0.39 is 11.9 Å². The van der Waals surface area contributed by atoms with Crippen LogP contribution in [0, 0.1) is 0 Å². The van der Waals surface area contributed by atoms with E-state index in [9.17, 15) is 13.6 Å². The molecule has 3 N–H and O–H groups in total. The maximum absolute atomic E-state index is 13.5. The maximum Gasteiger partial charge on any atom is 0.307 e. The Balaban J connectivity index is 1.69. The Morgan fingerprint density at radius 3 is 2.79 bits per heavy atom. The van der Waals surface area contributed by atoms with E-state index in [2.05, 4.69) is 20.1 Å². The molecule has 0 amide bonds. The Morgan fingerprint density at radius 2 is 2.07 bits per heavy atom. The molecule has 9 nitrogen and oxygen atoms in total. The summed E-state index contributed by atoms with van der Waals surface area (Å²) in [5.41, 5.74) is 6.89. The second kappa shape index (κ2) is 7.22. The predicted molar refractivity (Wildman–Crippen MR) is 97.8 cm³/mol. The molecule has 0 saturated heterocycles. The first kappa shape index (κ1) is 19.0. The molecular formula is C18H18F2N6O3. The van der Waals surface area contributed by atoms with Crippen LogP contribution >= 0.6 is 0 Å². The van der Waals surface area contributed by atoms with Gasteiger partial charge in [-0.1, -0.05) is 0 Å².